The average molecular weight is 404 g/mol. The first kappa shape index (κ1) is 18.3. The van der Waals surface area contributed by atoms with E-state index in [0.29, 0.717) is 10.8 Å². The average Bonchev–Trinajstić information content (AvgIpc) is 3.18. The van der Waals surface area contributed by atoms with Crippen LogP contribution in [0.15, 0.2) is 47.1 Å². The number of anilines is 1. The number of hydrogen-bond acceptors (Lipinski definition) is 3. The van der Waals surface area contributed by atoms with Crippen LogP contribution in [0.5, 0.6) is 0 Å². The predicted octanol–water partition coefficient (Wildman–Crippen LogP) is 5.10. The van der Waals surface area contributed by atoms with Crippen molar-refractivity contribution in [2.75, 3.05) is 5.32 Å². The first-order valence-electron chi connectivity index (χ1n) is 7.17. The van der Waals surface area contributed by atoms with E-state index in [-0.39, 0.29) is 18.0 Å². The van der Waals surface area contributed by atoms with Crippen LogP contribution in [0, 0.1) is 0 Å². The summed E-state index contributed by atoms with van der Waals surface area (Å²) in [5.74, 6) is -0.311. The fraction of sp³-hybridized carbons (Fsp3) is 0.125. The first-order valence-corrected chi connectivity index (χ1v) is 7.93. The van der Waals surface area contributed by atoms with E-state index in [2.05, 4.69) is 10.4 Å². The summed E-state index contributed by atoms with van der Waals surface area (Å²) in [4.78, 5) is 12.2. The van der Waals surface area contributed by atoms with Crippen LogP contribution < -0.4 is 5.32 Å². The molecular formula is C16H10Cl2F3N3O2. The molecule has 2 aromatic heterocycles. The van der Waals surface area contributed by atoms with Crippen molar-refractivity contribution in [2.24, 2.45) is 0 Å². The van der Waals surface area contributed by atoms with Crippen molar-refractivity contribution < 1.29 is 22.4 Å². The monoisotopic (exact) mass is 403 g/mol. The number of hydrogen-bond donors (Lipinski definition) is 1. The lowest BCUT2D eigenvalue weighted by Gasteiger charge is -2.11. The molecule has 0 saturated carbocycles. The van der Waals surface area contributed by atoms with Gasteiger partial charge in [0.25, 0.3) is 5.91 Å². The molecule has 0 radical (unpaired) electrons. The number of furan rings is 1. The number of carbonyl (C=O) groups excluding carboxylic acids is 1. The summed E-state index contributed by atoms with van der Waals surface area (Å²) in [6.45, 7) is 0.249. The molecule has 0 aliphatic carbocycles. The Morgan fingerprint density at radius 3 is 2.65 bits per heavy atom. The van der Waals surface area contributed by atoms with E-state index in [1.807, 2.05) is 0 Å². The normalized spacial score (nSPS) is 11.6. The van der Waals surface area contributed by atoms with Crippen molar-refractivity contribution in [1.82, 2.24) is 9.78 Å². The van der Waals surface area contributed by atoms with Gasteiger partial charge in [-0.1, -0.05) is 23.2 Å². The third-order valence-electron chi connectivity index (χ3n) is 3.33. The van der Waals surface area contributed by atoms with Gasteiger partial charge >= 0.3 is 6.18 Å². The molecule has 10 heteroatoms. The van der Waals surface area contributed by atoms with Crippen LogP contribution in [0.2, 0.25) is 10.0 Å². The van der Waals surface area contributed by atoms with Crippen LogP contribution in [0.1, 0.15) is 21.9 Å². The fourth-order valence-corrected chi connectivity index (χ4v) is 2.56. The standard InChI is InChI=1S/C16H10Cl2F3N3O2/c17-9-6-22-24(7-9)8-11-2-4-14(26-11)15(25)23-10-1-3-13(18)12(5-10)16(19,20)21/h1-7H,8H2,(H,23,25). The summed E-state index contributed by atoms with van der Waals surface area (Å²) >= 11 is 11.3. The summed E-state index contributed by atoms with van der Waals surface area (Å²) in [5, 5.41) is 6.33. The number of benzene rings is 1. The lowest BCUT2D eigenvalue weighted by molar-refractivity contribution is -0.137. The number of halogens is 5. The summed E-state index contributed by atoms with van der Waals surface area (Å²) in [5.41, 5.74) is -1.09. The SMILES string of the molecule is O=C(Nc1ccc(Cl)c(C(F)(F)F)c1)c1ccc(Cn2cc(Cl)cn2)o1. The second-order valence-corrected chi connectivity index (χ2v) is 6.11. The molecule has 26 heavy (non-hydrogen) atoms. The highest BCUT2D eigenvalue weighted by Crippen LogP contribution is 2.36. The van der Waals surface area contributed by atoms with E-state index in [1.54, 1.807) is 12.3 Å². The molecular weight excluding hydrogens is 394 g/mol. The number of amides is 1. The molecule has 0 bridgehead atoms. The lowest BCUT2D eigenvalue weighted by Crippen LogP contribution is -2.13. The highest BCUT2D eigenvalue weighted by Gasteiger charge is 2.33. The molecule has 0 fully saturated rings. The van der Waals surface area contributed by atoms with Crippen molar-refractivity contribution in [2.45, 2.75) is 12.7 Å². The van der Waals surface area contributed by atoms with Gasteiger partial charge in [-0.15, -0.1) is 0 Å². The van der Waals surface area contributed by atoms with Crippen LogP contribution in [0.3, 0.4) is 0 Å². The van der Waals surface area contributed by atoms with Crippen LogP contribution in [-0.4, -0.2) is 15.7 Å². The largest absolute Gasteiger partial charge is 0.454 e. The Bertz CT molecular complexity index is 950. The molecule has 3 rings (SSSR count). The Morgan fingerprint density at radius 2 is 2.00 bits per heavy atom. The van der Waals surface area contributed by atoms with Gasteiger partial charge in [0.2, 0.25) is 0 Å². The molecule has 1 aromatic carbocycles. The van der Waals surface area contributed by atoms with Crippen molar-refractivity contribution in [3.05, 3.63) is 69.9 Å². The van der Waals surface area contributed by atoms with Gasteiger partial charge in [0, 0.05) is 11.9 Å². The number of rotatable bonds is 4. The summed E-state index contributed by atoms with van der Waals surface area (Å²) in [7, 11) is 0. The third kappa shape index (κ3) is 4.20. The molecule has 1 N–H and O–H groups in total. The molecule has 5 nitrogen and oxygen atoms in total. The van der Waals surface area contributed by atoms with E-state index < -0.39 is 22.7 Å². The number of nitrogens with one attached hydrogen (secondary N) is 1. The Morgan fingerprint density at radius 1 is 1.23 bits per heavy atom. The van der Waals surface area contributed by atoms with Gasteiger partial charge in [-0.05, 0) is 30.3 Å². The maximum Gasteiger partial charge on any atom is 0.417 e. The number of alkyl halides is 3. The van der Waals surface area contributed by atoms with E-state index in [9.17, 15) is 18.0 Å². The molecule has 0 unspecified atom stereocenters. The van der Waals surface area contributed by atoms with Crippen LogP contribution >= 0.6 is 23.2 Å². The zero-order valence-electron chi connectivity index (χ0n) is 12.8. The molecule has 3 aromatic rings. The van der Waals surface area contributed by atoms with E-state index in [1.165, 1.54) is 23.0 Å². The van der Waals surface area contributed by atoms with Gasteiger partial charge in [0.1, 0.15) is 5.76 Å². The molecule has 0 atom stereocenters. The van der Waals surface area contributed by atoms with E-state index >= 15 is 0 Å². The maximum absolute atomic E-state index is 12.9. The van der Waals surface area contributed by atoms with E-state index in [0.717, 1.165) is 12.1 Å². The predicted molar refractivity (Wildman–Crippen MR) is 89.5 cm³/mol. The smallest absolute Gasteiger partial charge is 0.417 e. The highest BCUT2D eigenvalue weighted by molar-refractivity contribution is 6.31. The third-order valence-corrected chi connectivity index (χ3v) is 3.86. The Kier molecular flexibility index (Phi) is 4.97. The Labute approximate surface area is 155 Å². The minimum atomic E-state index is -4.62. The number of carbonyl (C=O) groups is 1. The van der Waals surface area contributed by atoms with Crippen molar-refractivity contribution >= 4 is 34.8 Å². The highest BCUT2D eigenvalue weighted by atomic mass is 35.5. The Hall–Kier alpha value is -2.45. The quantitative estimate of drug-likeness (QED) is 0.658. The number of aromatic nitrogens is 2. The molecule has 0 aliphatic rings. The van der Waals surface area contributed by atoms with Gasteiger partial charge in [-0.3, -0.25) is 9.48 Å². The summed E-state index contributed by atoms with van der Waals surface area (Å²) in [6.07, 6.45) is -1.59. The Balaban J connectivity index is 1.73. The topological polar surface area (TPSA) is 60.1 Å². The van der Waals surface area contributed by atoms with Crippen molar-refractivity contribution in [1.29, 1.82) is 0 Å². The number of nitrogens with zero attached hydrogens (tertiary/aromatic N) is 2. The zero-order chi connectivity index (χ0) is 18.9. The second kappa shape index (κ2) is 7.05. The van der Waals surface area contributed by atoms with Gasteiger partial charge in [0.05, 0.1) is 28.4 Å². The molecule has 0 spiro atoms. The van der Waals surface area contributed by atoms with Crippen molar-refractivity contribution in [3.63, 3.8) is 0 Å². The molecule has 136 valence electrons. The molecule has 0 saturated heterocycles. The van der Waals surface area contributed by atoms with Crippen molar-refractivity contribution in [3.8, 4) is 0 Å². The molecule has 1 amide bonds. The van der Waals surface area contributed by atoms with Gasteiger partial charge < -0.3 is 9.73 Å². The lowest BCUT2D eigenvalue weighted by atomic mass is 10.2. The minimum absolute atomic E-state index is 0.0523. The second-order valence-electron chi connectivity index (χ2n) is 5.27. The van der Waals surface area contributed by atoms with Gasteiger partial charge in [-0.25, -0.2) is 0 Å². The first-order chi connectivity index (χ1) is 12.2. The molecule has 0 aliphatic heterocycles. The van der Waals surface area contributed by atoms with Gasteiger partial charge in [0.15, 0.2) is 5.76 Å². The van der Waals surface area contributed by atoms with E-state index in [4.69, 9.17) is 27.6 Å². The maximum atomic E-state index is 12.9. The van der Waals surface area contributed by atoms with Crippen LogP contribution in [0.4, 0.5) is 18.9 Å². The fourth-order valence-electron chi connectivity index (χ4n) is 2.18. The summed E-state index contributed by atoms with van der Waals surface area (Å²) in [6, 6.07) is 6.07. The summed E-state index contributed by atoms with van der Waals surface area (Å²) < 4.78 is 45.5. The van der Waals surface area contributed by atoms with Crippen LogP contribution in [0.25, 0.3) is 0 Å². The van der Waals surface area contributed by atoms with Crippen LogP contribution in [-0.2, 0) is 12.7 Å². The zero-order valence-corrected chi connectivity index (χ0v) is 14.4. The minimum Gasteiger partial charge on any atom is -0.454 e. The van der Waals surface area contributed by atoms with Gasteiger partial charge in [-0.2, -0.15) is 18.3 Å². The molecule has 2 heterocycles.